The maximum absolute atomic E-state index is 6.49. The van der Waals surface area contributed by atoms with Gasteiger partial charge in [-0.1, -0.05) is 17.7 Å². The van der Waals surface area contributed by atoms with Crippen LogP contribution < -0.4 is 15.4 Å². The minimum Gasteiger partial charge on any atom is -0.496 e. The number of ether oxygens (including phenoxy) is 2. The van der Waals surface area contributed by atoms with E-state index in [-0.39, 0.29) is 0 Å². The molecule has 9 heteroatoms. The minimum atomic E-state index is 0.467. The number of benzene rings is 2. The molecule has 3 aromatic rings. The highest BCUT2D eigenvalue weighted by molar-refractivity contribution is 6.32. The quantitative estimate of drug-likeness (QED) is 0.456. The van der Waals surface area contributed by atoms with Crippen molar-refractivity contribution in [1.82, 2.24) is 19.8 Å². The standard InChI is InChI=1S/C27H33ClN6O2/c1-33-16-21-22(17-33)25(36-3)7-6-24(21)31-26-23(28)15-29-27(32-26)30-20-5-4-18-8-10-34(12-13-35-2)11-9-19(18)14-20/h4-7,14-15H,8-13,16-17H2,1-3H3,(H2,29,30,31,32). The van der Waals surface area contributed by atoms with Crippen LogP contribution in [0.1, 0.15) is 22.3 Å². The second kappa shape index (κ2) is 11.0. The summed E-state index contributed by atoms with van der Waals surface area (Å²) in [5.74, 6) is 1.97. The molecule has 0 radical (unpaired) electrons. The average Bonchev–Trinajstić information content (AvgIpc) is 3.16. The Morgan fingerprint density at radius 1 is 1.00 bits per heavy atom. The highest BCUT2D eigenvalue weighted by Crippen LogP contribution is 2.37. The van der Waals surface area contributed by atoms with Crippen LogP contribution in [0.3, 0.4) is 0 Å². The van der Waals surface area contributed by atoms with Crippen LogP contribution in [0.15, 0.2) is 36.5 Å². The number of hydrogen-bond donors (Lipinski definition) is 2. The molecule has 0 saturated heterocycles. The van der Waals surface area contributed by atoms with Crippen molar-refractivity contribution in [3.05, 3.63) is 63.8 Å². The monoisotopic (exact) mass is 508 g/mol. The molecule has 0 fully saturated rings. The SMILES string of the molecule is COCCN1CCc2ccc(Nc3ncc(Cl)c(Nc4ccc(OC)c5c4CN(C)C5)n3)cc2CC1. The lowest BCUT2D eigenvalue weighted by molar-refractivity contribution is 0.150. The van der Waals surface area contributed by atoms with Gasteiger partial charge < -0.3 is 25.0 Å². The van der Waals surface area contributed by atoms with Gasteiger partial charge in [0.1, 0.15) is 10.8 Å². The number of fused-ring (bicyclic) bond motifs is 2. The van der Waals surface area contributed by atoms with Crippen molar-refractivity contribution in [3.63, 3.8) is 0 Å². The van der Waals surface area contributed by atoms with Gasteiger partial charge in [-0.2, -0.15) is 4.98 Å². The smallest absolute Gasteiger partial charge is 0.229 e. The van der Waals surface area contributed by atoms with Crippen LogP contribution in [0.25, 0.3) is 0 Å². The Hall–Kier alpha value is -2.91. The first-order valence-corrected chi connectivity index (χ1v) is 12.7. The van der Waals surface area contributed by atoms with Gasteiger partial charge in [-0.15, -0.1) is 0 Å². The fourth-order valence-corrected chi connectivity index (χ4v) is 5.13. The van der Waals surface area contributed by atoms with E-state index in [9.17, 15) is 0 Å². The maximum Gasteiger partial charge on any atom is 0.229 e. The van der Waals surface area contributed by atoms with Gasteiger partial charge in [0.05, 0.1) is 19.9 Å². The third-order valence-corrected chi connectivity index (χ3v) is 7.21. The molecule has 36 heavy (non-hydrogen) atoms. The number of aromatic nitrogens is 2. The zero-order chi connectivity index (χ0) is 25.1. The van der Waals surface area contributed by atoms with Crippen LogP contribution in [0, 0.1) is 0 Å². The van der Waals surface area contributed by atoms with Gasteiger partial charge in [-0.25, -0.2) is 4.98 Å². The van der Waals surface area contributed by atoms with E-state index in [4.69, 9.17) is 26.1 Å². The molecule has 2 N–H and O–H groups in total. The van der Waals surface area contributed by atoms with E-state index >= 15 is 0 Å². The zero-order valence-electron chi connectivity index (χ0n) is 21.1. The van der Waals surface area contributed by atoms with Crippen molar-refractivity contribution in [2.75, 3.05) is 58.1 Å². The summed E-state index contributed by atoms with van der Waals surface area (Å²) >= 11 is 6.49. The fourth-order valence-electron chi connectivity index (χ4n) is 4.99. The van der Waals surface area contributed by atoms with Crippen molar-refractivity contribution in [2.24, 2.45) is 0 Å². The van der Waals surface area contributed by atoms with Gasteiger partial charge in [0.2, 0.25) is 5.95 Å². The molecule has 3 heterocycles. The van der Waals surface area contributed by atoms with Crippen molar-refractivity contribution in [1.29, 1.82) is 0 Å². The van der Waals surface area contributed by atoms with Crippen molar-refractivity contribution < 1.29 is 9.47 Å². The number of methoxy groups -OCH3 is 2. The summed E-state index contributed by atoms with van der Waals surface area (Å²) in [5.41, 5.74) is 7.11. The largest absolute Gasteiger partial charge is 0.496 e. The molecule has 0 aliphatic carbocycles. The molecular weight excluding hydrogens is 476 g/mol. The highest BCUT2D eigenvalue weighted by atomic mass is 35.5. The number of hydrogen-bond acceptors (Lipinski definition) is 8. The number of halogens is 1. The molecule has 8 nitrogen and oxygen atoms in total. The van der Waals surface area contributed by atoms with Crippen LogP contribution >= 0.6 is 11.6 Å². The Morgan fingerprint density at radius 2 is 1.81 bits per heavy atom. The van der Waals surface area contributed by atoms with Gasteiger partial charge in [-0.05, 0) is 60.8 Å². The van der Waals surface area contributed by atoms with E-state index in [2.05, 4.69) is 50.7 Å². The molecule has 0 saturated carbocycles. The molecular formula is C27H33ClN6O2. The lowest BCUT2D eigenvalue weighted by Crippen LogP contribution is -2.29. The van der Waals surface area contributed by atoms with Crippen LogP contribution in [0.4, 0.5) is 23.1 Å². The summed E-state index contributed by atoms with van der Waals surface area (Å²) in [6.07, 6.45) is 3.69. The zero-order valence-corrected chi connectivity index (χ0v) is 21.9. The van der Waals surface area contributed by atoms with E-state index in [1.165, 1.54) is 22.3 Å². The minimum absolute atomic E-state index is 0.467. The topological polar surface area (TPSA) is 74.8 Å². The van der Waals surface area contributed by atoms with E-state index in [0.29, 0.717) is 16.8 Å². The van der Waals surface area contributed by atoms with E-state index in [1.807, 2.05) is 12.1 Å². The third kappa shape index (κ3) is 5.42. The van der Waals surface area contributed by atoms with Gasteiger partial charge in [-0.3, -0.25) is 4.90 Å². The average molecular weight is 509 g/mol. The van der Waals surface area contributed by atoms with Gasteiger partial charge in [0, 0.05) is 56.8 Å². The Balaban J connectivity index is 1.32. The van der Waals surface area contributed by atoms with Gasteiger partial charge in [0.25, 0.3) is 0 Å². The first kappa shape index (κ1) is 24.8. The first-order chi connectivity index (χ1) is 17.5. The molecule has 0 unspecified atom stereocenters. The lowest BCUT2D eigenvalue weighted by atomic mass is 10.0. The first-order valence-electron chi connectivity index (χ1n) is 12.3. The van der Waals surface area contributed by atoms with E-state index in [0.717, 1.165) is 69.3 Å². The summed E-state index contributed by atoms with van der Waals surface area (Å²) < 4.78 is 10.8. The number of nitrogens with zero attached hydrogens (tertiary/aromatic N) is 4. The van der Waals surface area contributed by atoms with Crippen molar-refractivity contribution >= 4 is 34.7 Å². The summed E-state index contributed by atoms with van der Waals surface area (Å²) in [7, 11) is 5.56. The number of anilines is 4. The molecule has 0 bridgehead atoms. The molecule has 0 spiro atoms. The van der Waals surface area contributed by atoms with Crippen LogP contribution in [-0.4, -0.2) is 67.3 Å². The van der Waals surface area contributed by atoms with Crippen molar-refractivity contribution in [2.45, 2.75) is 25.9 Å². The summed E-state index contributed by atoms with van der Waals surface area (Å²) in [4.78, 5) is 13.8. The highest BCUT2D eigenvalue weighted by Gasteiger charge is 2.23. The Morgan fingerprint density at radius 3 is 2.61 bits per heavy atom. The normalized spacial score (nSPS) is 15.8. The molecule has 5 rings (SSSR count). The summed E-state index contributed by atoms with van der Waals surface area (Å²) in [6, 6.07) is 10.5. The van der Waals surface area contributed by atoms with Crippen LogP contribution in [0.5, 0.6) is 5.75 Å². The van der Waals surface area contributed by atoms with E-state index in [1.54, 1.807) is 20.4 Å². The predicted octanol–water partition coefficient (Wildman–Crippen LogP) is 4.62. The summed E-state index contributed by atoms with van der Waals surface area (Å²) in [5, 5.41) is 7.26. The fraction of sp³-hybridized carbons (Fsp3) is 0.407. The lowest BCUT2D eigenvalue weighted by Gasteiger charge is -2.18. The van der Waals surface area contributed by atoms with Gasteiger partial charge in [0.15, 0.2) is 5.82 Å². The number of rotatable bonds is 8. The Kier molecular flexibility index (Phi) is 7.57. The third-order valence-electron chi connectivity index (χ3n) is 6.93. The molecule has 2 aliphatic rings. The van der Waals surface area contributed by atoms with Gasteiger partial charge >= 0.3 is 0 Å². The molecule has 0 atom stereocenters. The second-order valence-electron chi connectivity index (χ2n) is 9.40. The molecule has 2 aliphatic heterocycles. The Labute approximate surface area is 217 Å². The second-order valence-corrected chi connectivity index (χ2v) is 9.81. The molecule has 2 aromatic carbocycles. The predicted molar refractivity (Wildman–Crippen MR) is 144 cm³/mol. The number of nitrogens with one attached hydrogen (secondary N) is 2. The van der Waals surface area contributed by atoms with Crippen molar-refractivity contribution in [3.8, 4) is 5.75 Å². The van der Waals surface area contributed by atoms with Crippen LogP contribution in [0.2, 0.25) is 5.02 Å². The Bertz CT molecular complexity index is 1240. The molecule has 1 aromatic heterocycles. The summed E-state index contributed by atoms with van der Waals surface area (Å²) in [6.45, 7) is 5.51. The van der Waals surface area contributed by atoms with E-state index < -0.39 is 0 Å². The van der Waals surface area contributed by atoms with Crippen LogP contribution in [-0.2, 0) is 30.7 Å². The maximum atomic E-state index is 6.49. The molecule has 0 amide bonds. The molecule has 190 valence electrons.